The first-order valence-corrected chi connectivity index (χ1v) is 8.13. The number of aromatic hydroxyl groups is 1. The fraction of sp³-hybridized carbons (Fsp3) is 0.0952. The molecule has 3 rings (SSSR count). The lowest BCUT2D eigenvalue weighted by Gasteiger charge is -2.17. The Bertz CT molecular complexity index is 901. The molecule has 25 heavy (non-hydrogen) atoms. The van der Waals surface area contributed by atoms with Gasteiger partial charge >= 0.3 is 0 Å². The van der Waals surface area contributed by atoms with Crippen LogP contribution in [0.4, 0.5) is 0 Å². The highest BCUT2D eigenvalue weighted by molar-refractivity contribution is 6.07. The molecule has 0 radical (unpaired) electrons. The van der Waals surface area contributed by atoms with Gasteiger partial charge in [0.15, 0.2) is 5.84 Å². The van der Waals surface area contributed by atoms with Crippen molar-refractivity contribution in [3.05, 3.63) is 77.9 Å². The van der Waals surface area contributed by atoms with E-state index in [1.165, 1.54) is 0 Å². The maximum Gasteiger partial charge on any atom is 0.170 e. The van der Waals surface area contributed by atoms with Crippen LogP contribution in [0.3, 0.4) is 0 Å². The lowest BCUT2D eigenvalue weighted by Crippen LogP contribution is -2.15. The summed E-state index contributed by atoms with van der Waals surface area (Å²) in [6, 6.07) is 21.0. The summed E-state index contributed by atoms with van der Waals surface area (Å²) in [6.45, 7) is 2.06. The van der Waals surface area contributed by atoms with Crippen molar-refractivity contribution < 1.29 is 10.3 Å². The van der Waals surface area contributed by atoms with Crippen LogP contribution in [0, 0.1) is 0 Å². The molecule has 3 aromatic carbocycles. The average molecular weight is 332 g/mol. The molecule has 0 aliphatic carbocycles. The third-order valence-corrected chi connectivity index (χ3v) is 4.23. The van der Waals surface area contributed by atoms with Crippen LogP contribution in [0.15, 0.2) is 71.9 Å². The number of phenolic OH excluding ortho intramolecular Hbond substituents is 1. The predicted molar refractivity (Wildman–Crippen MR) is 101 cm³/mol. The largest absolute Gasteiger partial charge is 0.508 e. The van der Waals surface area contributed by atoms with E-state index in [1.54, 1.807) is 12.1 Å². The van der Waals surface area contributed by atoms with Gasteiger partial charge in [0.05, 0.1) is 0 Å². The van der Waals surface area contributed by atoms with Gasteiger partial charge in [-0.3, -0.25) is 0 Å². The van der Waals surface area contributed by atoms with Gasteiger partial charge in [-0.2, -0.15) is 0 Å². The minimum atomic E-state index is 0.0779. The van der Waals surface area contributed by atoms with Crippen LogP contribution in [0.1, 0.15) is 18.1 Å². The second-order valence-electron chi connectivity index (χ2n) is 5.82. The van der Waals surface area contributed by atoms with Crippen molar-refractivity contribution in [2.45, 2.75) is 13.3 Å². The van der Waals surface area contributed by atoms with Crippen LogP contribution in [-0.4, -0.2) is 16.1 Å². The molecule has 3 aromatic rings. The van der Waals surface area contributed by atoms with Gasteiger partial charge in [-0.15, -0.1) is 0 Å². The number of nitrogens with two attached hydrogens (primary N) is 1. The fourth-order valence-corrected chi connectivity index (χ4v) is 2.95. The van der Waals surface area contributed by atoms with Gasteiger partial charge in [-0.1, -0.05) is 60.6 Å². The second kappa shape index (κ2) is 7.09. The Balaban J connectivity index is 2.37. The van der Waals surface area contributed by atoms with Crippen LogP contribution in [0.5, 0.6) is 5.75 Å². The van der Waals surface area contributed by atoms with Gasteiger partial charge in [-0.05, 0) is 46.9 Å². The first kappa shape index (κ1) is 16.6. The third kappa shape index (κ3) is 3.33. The number of amidine groups is 1. The average Bonchev–Trinajstić information content (AvgIpc) is 2.67. The Morgan fingerprint density at radius 2 is 1.64 bits per heavy atom. The molecule has 0 spiro atoms. The molecule has 0 saturated heterocycles. The zero-order chi connectivity index (χ0) is 17.8. The summed E-state index contributed by atoms with van der Waals surface area (Å²) in [5.41, 5.74) is 11.6. The van der Waals surface area contributed by atoms with Crippen molar-refractivity contribution in [1.29, 1.82) is 0 Å². The Morgan fingerprint density at radius 1 is 0.960 bits per heavy atom. The van der Waals surface area contributed by atoms with Crippen molar-refractivity contribution in [2.75, 3.05) is 0 Å². The minimum absolute atomic E-state index is 0.0779. The van der Waals surface area contributed by atoms with Crippen LogP contribution in [0.2, 0.25) is 0 Å². The first-order valence-electron chi connectivity index (χ1n) is 8.13. The first-order chi connectivity index (χ1) is 12.1. The summed E-state index contributed by atoms with van der Waals surface area (Å²) >= 11 is 0. The molecular formula is C21H20N2O2. The van der Waals surface area contributed by atoms with Crippen LogP contribution in [-0.2, 0) is 6.42 Å². The summed E-state index contributed by atoms with van der Waals surface area (Å²) in [7, 11) is 0. The van der Waals surface area contributed by atoms with E-state index in [9.17, 15) is 10.3 Å². The molecule has 0 bridgehead atoms. The molecule has 0 aromatic heterocycles. The number of rotatable bonds is 4. The fourth-order valence-electron chi connectivity index (χ4n) is 2.95. The number of hydrogen-bond donors (Lipinski definition) is 3. The van der Waals surface area contributed by atoms with Crippen LogP contribution in [0.25, 0.3) is 22.3 Å². The van der Waals surface area contributed by atoms with Crippen molar-refractivity contribution in [3.8, 4) is 28.0 Å². The smallest absolute Gasteiger partial charge is 0.170 e. The maximum atomic E-state index is 9.60. The van der Waals surface area contributed by atoms with E-state index in [2.05, 4.69) is 18.1 Å². The molecule has 0 aliphatic rings. The van der Waals surface area contributed by atoms with Crippen molar-refractivity contribution >= 4 is 5.84 Å². The molecule has 0 amide bonds. The molecule has 0 saturated carbocycles. The number of phenols is 1. The van der Waals surface area contributed by atoms with Crippen molar-refractivity contribution in [2.24, 2.45) is 10.9 Å². The zero-order valence-corrected chi connectivity index (χ0v) is 14.0. The number of benzene rings is 3. The second-order valence-corrected chi connectivity index (χ2v) is 5.82. The number of hydrogen-bond acceptors (Lipinski definition) is 3. The van der Waals surface area contributed by atoms with E-state index in [0.29, 0.717) is 5.56 Å². The molecule has 126 valence electrons. The highest BCUT2D eigenvalue weighted by Crippen LogP contribution is 2.37. The predicted octanol–water partition coefficient (Wildman–Crippen LogP) is 4.38. The lowest BCUT2D eigenvalue weighted by molar-refractivity contribution is 0.318. The highest BCUT2D eigenvalue weighted by atomic mass is 16.4. The molecule has 4 heteroatoms. The van der Waals surface area contributed by atoms with Gasteiger partial charge in [0.1, 0.15) is 5.75 Å². The Labute approximate surface area is 146 Å². The van der Waals surface area contributed by atoms with E-state index in [-0.39, 0.29) is 11.6 Å². The number of oxime groups is 1. The van der Waals surface area contributed by atoms with Gasteiger partial charge in [0.2, 0.25) is 0 Å². The molecule has 4 nitrogen and oxygen atoms in total. The van der Waals surface area contributed by atoms with E-state index in [4.69, 9.17) is 5.73 Å². The van der Waals surface area contributed by atoms with E-state index in [1.807, 2.05) is 48.5 Å². The summed E-state index contributed by atoms with van der Waals surface area (Å²) in [4.78, 5) is 0. The third-order valence-electron chi connectivity index (χ3n) is 4.23. The van der Waals surface area contributed by atoms with Gasteiger partial charge in [0, 0.05) is 11.1 Å². The standard InChI is InChI=1S/C21H20N2O2/c1-2-14-12-18(15-8-10-17(24)11-9-15)20(16-6-4-3-5-7-16)19(13-14)21(22)23-25/h3-13,24-25H,2H2,1H3,(H2,22,23). The van der Waals surface area contributed by atoms with Gasteiger partial charge < -0.3 is 16.0 Å². The van der Waals surface area contributed by atoms with E-state index < -0.39 is 0 Å². The molecule has 0 fully saturated rings. The lowest BCUT2D eigenvalue weighted by atomic mass is 9.87. The Morgan fingerprint density at radius 3 is 2.24 bits per heavy atom. The van der Waals surface area contributed by atoms with Crippen LogP contribution >= 0.6 is 0 Å². The summed E-state index contributed by atoms with van der Waals surface area (Å²) in [5.74, 6) is 0.294. The summed E-state index contributed by atoms with van der Waals surface area (Å²) < 4.78 is 0. The summed E-state index contributed by atoms with van der Waals surface area (Å²) in [5, 5.41) is 22.1. The number of nitrogens with zero attached hydrogens (tertiary/aromatic N) is 1. The number of aryl methyl sites for hydroxylation is 1. The molecule has 0 heterocycles. The van der Waals surface area contributed by atoms with Crippen molar-refractivity contribution in [1.82, 2.24) is 0 Å². The maximum absolute atomic E-state index is 9.60. The van der Waals surface area contributed by atoms with Crippen LogP contribution < -0.4 is 5.73 Å². The molecule has 0 aliphatic heterocycles. The van der Waals surface area contributed by atoms with Gasteiger partial charge in [0.25, 0.3) is 0 Å². The molecular weight excluding hydrogens is 312 g/mol. The minimum Gasteiger partial charge on any atom is -0.508 e. The molecule has 0 unspecified atom stereocenters. The monoisotopic (exact) mass is 332 g/mol. The van der Waals surface area contributed by atoms with E-state index in [0.717, 1.165) is 34.2 Å². The quantitative estimate of drug-likeness (QED) is 0.287. The Hall–Kier alpha value is -3.27. The van der Waals surface area contributed by atoms with E-state index >= 15 is 0 Å². The van der Waals surface area contributed by atoms with Gasteiger partial charge in [-0.25, -0.2) is 0 Å². The zero-order valence-electron chi connectivity index (χ0n) is 14.0. The highest BCUT2D eigenvalue weighted by Gasteiger charge is 2.17. The Kier molecular flexibility index (Phi) is 4.70. The molecule has 0 atom stereocenters. The summed E-state index contributed by atoms with van der Waals surface area (Å²) in [6.07, 6.45) is 0.825. The normalized spacial score (nSPS) is 11.5. The molecule has 4 N–H and O–H groups in total. The topological polar surface area (TPSA) is 78.8 Å². The van der Waals surface area contributed by atoms with Crippen molar-refractivity contribution in [3.63, 3.8) is 0 Å². The SMILES string of the molecule is CCc1cc(C(N)=NO)c(-c2ccccc2)c(-c2ccc(O)cc2)c1.